The van der Waals surface area contributed by atoms with Gasteiger partial charge in [-0.2, -0.15) is 4.31 Å². The van der Waals surface area contributed by atoms with E-state index in [-0.39, 0.29) is 29.8 Å². The third kappa shape index (κ3) is 3.52. The molecule has 0 spiro atoms. The molecule has 0 saturated carbocycles. The molecule has 28 heavy (non-hydrogen) atoms. The number of rotatable bonds is 4. The molecule has 3 aromatic rings. The third-order valence-corrected chi connectivity index (χ3v) is 6.45. The van der Waals surface area contributed by atoms with Gasteiger partial charge in [0.2, 0.25) is 15.9 Å². The molecule has 1 aromatic carbocycles. The number of halogens is 2. The minimum Gasteiger partial charge on any atom is -0.419 e. The molecule has 0 bridgehead atoms. The second-order valence-electron chi connectivity index (χ2n) is 6.44. The van der Waals surface area contributed by atoms with Gasteiger partial charge in [0, 0.05) is 19.3 Å². The Kier molecular flexibility index (Phi) is 4.90. The van der Waals surface area contributed by atoms with E-state index in [4.69, 9.17) is 4.42 Å². The Morgan fingerprint density at radius 1 is 1.11 bits per heavy atom. The Bertz CT molecular complexity index is 1090. The minimum atomic E-state index is -3.96. The summed E-state index contributed by atoms with van der Waals surface area (Å²) in [4.78, 5) is 3.86. The fourth-order valence-electron chi connectivity index (χ4n) is 3.14. The third-order valence-electron chi connectivity index (χ3n) is 4.59. The molecule has 7 nitrogen and oxygen atoms in total. The maximum Gasteiger partial charge on any atom is 0.266 e. The molecule has 10 heteroatoms. The lowest BCUT2D eigenvalue weighted by atomic mass is 10.00. The van der Waals surface area contributed by atoms with Crippen LogP contribution in [-0.4, -0.2) is 41.0 Å². The van der Waals surface area contributed by atoms with E-state index in [1.807, 2.05) is 0 Å². The number of nitrogens with zero attached hydrogens (tertiary/aromatic N) is 4. The van der Waals surface area contributed by atoms with Gasteiger partial charge in [-0.25, -0.2) is 17.2 Å². The highest BCUT2D eigenvalue weighted by atomic mass is 32.2. The van der Waals surface area contributed by atoms with Crippen LogP contribution in [0.3, 0.4) is 0 Å². The van der Waals surface area contributed by atoms with Crippen LogP contribution in [0.4, 0.5) is 8.78 Å². The van der Waals surface area contributed by atoms with E-state index in [1.165, 1.54) is 4.31 Å². The Hall–Kier alpha value is -2.72. The first-order valence-corrected chi connectivity index (χ1v) is 10.1. The number of benzene rings is 1. The van der Waals surface area contributed by atoms with Gasteiger partial charge in [0.1, 0.15) is 5.69 Å². The minimum absolute atomic E-state index is 0.116. The van der Waals surface area contributed by atoms with E-state index in [0.717, 1.165) is 12.1 Å². The molecule has 1 saturated heterocycles. The molecule has 0 aliphatic carbocycles. The Morgan fingerprint density at radius 3 is 2.71 bits per heavy atom. The van der Waals surface area contributed by atoms with Crippen molar-refractivity contribution in [2.75, 3.05) is 13.1 Å². The first kappa shape index (κ1) is 18.6. The Morgan fingerprint density at radius 2 is 1.96 bits per heavy atom. The lowest BCUT2D eigenvalue weighted by Crippen LogP contribution is -2.39. The second kappa shape index (κ2) is 7.36. The van der Waals surface area contributed by atoms with Crippen LogP contribution in [0.25, 0.3) is 11.6 Å². The molecule has 0 unspecified atom stereocenters. The highest BCUT2D eigenvalue weighted by molar-refractivity contribution is 7.89. The predicted octanol–water partition coefficient (Wildman–Crippen LogP) is 2.98. The van der Waals surface area contributed by atoms with Crippen molar-refractivity contribution >= 4 is 10.0 Å². The van der Waals surface area contributed by atoms with Crippen molar-refractivity contribution in [3.8, 4) is 11.6 Å². The molecule has 0 N–H and O–H groups in total. The van der Waals surface area contributed by atoms with Crippen molar-refractivity contribution in [1.29, 1.82) is 0 Å². The van der Waals surface area contributed by atoms with E-state index in [2.05, 4.69) is 15.2 Å². The van der Waals surface area contributed by atoms with Gasteiger partial charge in [-0.05, 0) is 43.2 Å². The van der Waals surface area contributed by atoms with Gasteiger partial charge in [0.25, 0.3) is 5.89 Å². The average Bonchev–Trinajstić information content (AvgIpc) is 3.21. The normalized spacial score (nSPS) is 18.3. The summed E-state index contributed by atoms with van der Waals surface area (Å²) in [5.41, 5.74) is 0.531. The molecular formula is C18H16F2N4O3S. The largest absolute Gasteiger partial charge is 0.419 e. The Balaban J connectivity index is 1.56. The maximum absolute atomic E-state index is 13.5. The molecule has 1 aliphatic heterocycles. The summed E-state index contributed by atoms with van der Waals surface area (Å²) in [5, 5.41) is 8.03. The van der Waals surface area contributed by atoms with Crippen LogP contribution >= 0.6 is 0 Å². The Labute approximate surface area is 160 Å². The predicted molar refractivity (Wildman–Crippen MR) is 94.6 cm³/mol. The highest BCUT2D eigenvalue weighted by Gasteiger charge is 2.33. The zero-order valence-electron chi connectivity index (χ0n) is 14.6. The first-order valence-electron chi connectivity index (χ1n) is 8.65. The topological polar surface area (TPSA) is 89.2 Å². The highest BCUT2D eigenvalue weighted by Crippen LogP contribution is 2.31. The van der Waals surface area contributed by atoms with Crippen LogP contribution in [0.15, 0.2) is 51.9 Å². The summed E-state index contributed by atoms with van der Waals surface area (Å²) in [7, 11) is -3.96. The number of sulfonamides is 1. The second-order valence-corrected chi connectivity index (χ2v) is 8.38. The lowest BCUT2D eigenvalue weighted by Gasteiger charge is -2.30. The van der Waals surface area contributed by atoms with Gasteiger partial charge >= 0.3 is 0 Å². The first-order chi connectivity index (χ1) is 13.4. The van der Waals surface area contributed by atoms with E-state index in [1.54, 1.807) is 24.4 Å². The van der Waals surface area contributed by atoms with Crippen molar-refractivity contribution in [3.63, 3.8) is 0 Å². The smallest absolute Gasteiger partial charge is 0.266 e. The number of pyridine rings is 1. The summed E-state index contributed by atoms with van der Waals surface area (Å²) >= 11 is 0. The average molecular weight is 406 g/mol. The summed E-state index contributed by atoms with van der Waals surface area (Å²) < 4.78 is 59.2. The van der Waals surface area contributed by atoms with Crippen LogP contribution in [0.2, 0.25) is 0 Å². The molecular weight excluding hydrogens is 390 g/mol. The van der Waals surface area contributed by atoms with E-state index < -0.39 is 21.7 Å². The molecule has 1 aliphatic rings. The SMILES string of the molecule is O=S(=O)(c1ccc(F)c(F)c1)N1CCC[C@@H](c2nnc(-c3ccccn3)o2)C1. The maximum atomic E-state index is 13.5. The molecule has 0 radical (unpaired) electrons. The number of piperidine rings is 1. The number of hydrogen-bond donors (Lipinski definition) is 0. The summed E-state index contributed by atoms with van der Waals surface area (Å²) in [6, 6.07) is 7.86. The van der Waals surface area contributed by atoms with Crippen LogP contribution in [-0.2, 0) is 10.0 Å². The van der Waals surface area contributed by atoms with Crippen LogP contribution in [0.1, 0.15) is 24.7 Å². The van der Waals surface area contributed by atoms with Gasteiger partial charge in [0.05, 0.1) is 10.8 Å². The van der Waals surface area contributed by atoms with Crippen molar-refractivity contribution in [2.24, 2.45) is 0 Å². The number of hydrogen-bond acceptors (Lipinski definition) is 6. The van der Waals surface area contributed by atoms with E-state index in [0.29, 0.717) is 30.5 Å². The molecule has 4 rings (SSSR count). The quantitative estimate of drug-likeness (QED) is 0.662. The molecule has 3 heterocycles. The van der Waals surface area contributed by atoms with E-state index in [9.17, 15) is 17.2 Å². The summed E-state index contributed by atoms with van der Waals surface area (Å²) in [6.07, 6.45) is 2.86. The van der Waals surface area contributed by atoms with Crippen molar-refractivity contribution in [3.05, 3.63) is 60.1 Å². The van der Waals surface area contributed by atoms with Gasteiger partial charge in [-0.3, -0.25) is 4.98 Å². The lowest BCUT2D eigenvalue weighted by molar-refractivity contribution is 0.286. The molecule has 1 fully saturated rings. The van der Waals surface area contributed by atoms with Crippen LogP contribution < -0.4 is 0 Å². The van der Waals surface area contributed by atoms with E-state index >= 15 is 0 Å². The van der Waals surface area contributed by atoms with Gasteiger partial charge in [-0.15, -0.1) is 10.2 Å². The molecule has 2 aromatic heterocycles. The summed E-state index contributed by atoms with van der Waals surface area (Å²) in [6.45, 7) is 0.393. The van der Waals surface area contributed by atoms with Crippen molar-refractivity contribution < 1.29 is 21.6 Å². The van der Waals surface area contributed by atoms with Gasteiger partial charge < -0.3 is 4.42 Å². The van der Waals surface area contributed by atoms with Gasteiger partial charge in [-0.1, -0.05) is 6.07 Å². The monoisotopic (exact) mass is 406 g/mol. The van der Waals surface area contributed by atoms with Crippen molar-refractivity contribution in [2.45, 2.75) is 23.7 Å². The standard InChI is InChI=1S/C18H16F2N4O3S/c19-14-7-6-13(10-15(14)20)28(25,26)24-9-3-4-12(11-24)17-22-23-18(27-17)16-5-1-2-8-21-16/h1-2,5-8,10,12H,3-4,9,11H2/t12-/m1/s1. The molecule has 146 valence electrons. The molecule has 0 amide bonds. The molecule has 1 atom stereocenters. The fraction of sp³-hybridized carbons (Fsp3) is 0.278. The number of aromatic nitrogens is 3. The zero-order chi connectivity index (χ0) is 19.7. The van der Waals surface area contributed by atoms with Crippen molar-refractivity contribution in [1.82, 2.24) is 19.5 Å². The van der Waals surface area contributed by atoms with Crippen LogP contribution in [0, 0.1) is 11.6 Å². The summed E-state index contributed by atoms with van der Waals surface area (Å²) in [5.74, 6) is -2.00. The zero-order valence-corrected chi connectivity index (χ0v) is 15.4. The fourth-order valence-corrected chi connectivity index (χ4v) is 4.68. The van der Waals surface area contributed by atoms with Gasteiger partial charge in [0.15, 0.2) is 11.6 Å². The van der Waals surface area contributed by atoms with Crippen LogP contribution in [0.5, 0.6) is 0 Å².